The lowest BCUT2D eigenvalue weighted by molar-refractivity contribution is -0.0608. The molecule has 2 aromatic rings. The van der Waals surface area contributed by atoms with Crippen LogP contribution < -0.4 is 4.74 Å². The number of aliphatic hydroxyl groups is 1. The molecule has 3 heteroatoms. The van der Waals surface area contributed by atoms with E-state index in [-0.39, 0.29) is 0 Å². The molecule has 2 aromatic carbocycles. The van der Waals surface area contributed by atoms with Crippen molar-refractivity contribution in [2.75, 3.05) is 6.61 Å². The molecule has 0 spiro atoms. The molecule has 2 bridgehead atoms. The Morgan fingerprint density at radius 1 is 1.00 bits per heavy atom. The average Bonchev–Trinajstić information content (AvgIpc) is 2.87. The number of para-hydroxylation sites is 1. The summed E-state index contributed by atoms with van der Waals surface area (Å²) < 4.78 is 5.80. The van der Waals surface area contributed by atoms with E-state index >= 15 is 0 Å². The summed E-state index contributed by atoms with van der Waals surface area (Å²) in [4.78, 5) is 2.60. The van der Waals surface area contributed by atoms with Gasteiger partial charge < -0.3 is 9.84 Å². The molecule has 4 rings (SSSR count). The normalized spacial score (nSPS) is 28.9. The third-order valence-corrected chi connectivity index (χ3v) is 5.81. The van der Waals surface area contributed by atoms with E-state index in [0.717, 1.165) is 30.7 Å². The average molecular weight is 337 g/mol. The van der Waals surface area contributed by atoms with Crippen LogP contribution in [0.3, 0.4) is 0 Å². The van der Waals surface area contributed by atoms with Gasteiger partial charge in [0.1, 0.15) is 5.75 Å². The first-order valence-electron chi connectivity index (χ1n) is 9.44. The minimum Gasteiger partial charge on any atom is -0.493 e. The summed E-state index contributed by atoms with van der Waals surface area (Å²) in [5, 5.41) is 11.5. The van der Waals surface area contributed by atoms with Gasteiger partial charge in [0.25, 0.3) is 0 Å². The zero-order valence-corrected chi connectivity index (χ0v) is 14.9. The molecule has 3 nitrogen and oxygen atoms in total. The van der Waals surface area contributed by atoms with Crippen molar-refractivity contribution in [3.8, 4) is 5.75 Å². The molecule has 2 unspecified atom stereocenters. The lowest BCUT2D eigenvalue weighted by Gasteiger charge is -2.44. The molecule has 0 amide bonds. The summed E-state index contributed by atoms with van der Waals surface area (Å²) in [6.07, 6.45) is 3.94. The number of hydrogen-bond donors (Lipinski definition) is 1. The van der Waals surface area contributed by atoms with E-state index < -0.39 is 5.60 Å². The quantitative estimate of drug-likeness (QED) is 0.891. The van der Waals surface area contributed by atoms with Crippen LogP contribution in [0.1, 0.15) is 43.7 Å². The van der Waals surface area contributed by atoms with Crippen molar-refractivity contribution in [1.29, 1.82) is 0 Å². The van der Waals surface area contributed by atoms with Gasteiger partial charge in [-0.05, 0) is 44.2 Å². The number of nitrogens with zero attached hydrogens (tertiary/aromatic N) is 1. The Balaban J connectivity index is 1.56. The lowest BCUT2D eigenvalue weighted by Crippen LogP contribution is -2.49. The Kier molecular flexibility index (Phi) is 4.53. The third kappa shape index (κ3) is 3.19. The Bertz CT molecular complexity index is 701. The van der Waals surface area contributed by atoms with Gasteiger partial charge in [-0.3, -0.25) is 4.90 Å². The van der Waals surface area contributed by atoms with E-state index in [9.17, 15) is 5.11 Å². The highest BCUT2D eigenvalue weighted by Crippen LogP contribution is 2.48. The van der Waals surface area contributed by atoms with Crippen molar-refractivity contribution in [3.63, 3.8) is 0 Å². The Morgan fingerprint density at radius 2 is 1.64 bits per heavy atom. The van der Waals surface area contributed by atoms with Crippen molar-refractivity contribution in [2.45, 2.75) is 56.8 Å². The molecule has 2 heterocycles. The van der Waals surface area contributed by atoms with Crippen LogP contribution in [0.15, 0.2) is 54.6 Å². The number of benzene rings is 2. The highest BCUT2D eigenvalue weighted by atomic mass is 16.5. The SMILES string of the molecule is CCOc1ccccc1C1(O)CC2CCC(C1)N2Cc1ccccc1. The first-order valence-corrected chi connectivity index (χ1v) is 9.44. The predicted molar refractivity (Wildman–Crippen MR) is 99.5 cm³/mol. The smallest absolute Gasteiger partial charge is 0.125 e. The minimum atomic E-state index is -0.773. The van der Waals surface area contributed by atoms with Crippen LogP contribution in [0.2, 0.25) is 0 Å². The molecule has 0 radical (unpaired) electrons. The van der Waals surface area contributed by atoms with Crippen molar-refractivity contribution in [2.24, 2.45) is 0 Å². The number of rotatable bonds is 5. The van der Waals surface area contributed by atoms with E-state index in [1.54, 1.807) is 0 Å². The zero-order chi connectivity index (χ0) is 17.3. The number of ether oxygens (including phenoxy) is 1. The third-order valence-electron chi connectivity index (χ3n) is 5.81. The van der Waals surface area contributed by atoms with Crippen molar-refractivity contribution in [1.82, 2.24) is 4.90 Å². The van der Waals surface area contributed by atoms with E-state index in [0.29, 0.717) is 18.7 Å². The molecular weight excluding hydrogens is 310 g/mol. The fraction of sp³-hybridized carbons (Fsp3) is 0.455. The van der Waals surface area contributed by atoms with Crippen LogP contribution in [0.4, 0.5) is 0 Å². The summed E-state index contributed by atoms with van der Waals surface area (Å²) in [5.41, 5.74) is 1.55. The van der Waals surface area contributed by atoms with Crippen molar-refractivity contribution < 1.29 is 9.84 Å². The predicted octanol–water partition coefficient (Wildman–Crippen LogP) is 4.10. The maximum atomic E-state index is 11.5. The highest BCUT2D eigenvalue weighted by Gasteiger charge is 2.49. The fourth-order valence-corrected chi connectivity index (χ4v) is 4.72. The molecular formula is C22H27NO2. The van der Waals surface area contributed by atoms with Crippen LogP contribution in [-0.4, -0.2) is 28.7 Å². The van der Waals surface area contributed by atoms with Gasteiger partial charge in [-0.2, -0.15) is 0 Å². The Hall–Kier alpha value is -1.84. The van der Waals surface area contributed by atoms with Gasteiger partial charge in [-0.1, -0.05) is 48.5 Å². The van der Waals surface area contributed by atoms with Gasteiger partial charge in [-0.25, -0.2) is 0 Å². The Morgan fingerprint density at radius 3 is 2.32 bits per heavy atom. The summed E-state index contributed by atoms with van der Waals surface area (Å²) >= 11 is 0. The lowest BCUT2D eigenvalue weighted by atomic mass is 9.80. The van der Waals surface area contributed by atoms with Crippen LogP contribution in [0.25, 0.3) is 0 Å². The summed E-state index contributed by atoms with van der Waals surface area (Å²) in [6.45, 7) is 3.60. The van der Waals surface area contributed by atoms with Crippen molar-refractivity contribution >= 4 is 0 Å². The van der Waals surface area contributed by atoms with E-state index in [1.165, 1.54) is 18.4 Å². The van der Waals surface area contributed by atoms with E-state index in [4.69, 9.17) is 4.74 Å². The van der Waals surface area contributed by atoms with Crippen LogP contribution in [-0.2, 0) is 12.1 Å². The second-order valence-corrected chi connectivity index (χ2v) is 7.41. The molecule has 0 saturated carbocycles. The first kappa shape index (κ1) is 16.6. The molecule has 25 heavy (non-hydrogen) atoms. The molecule has 2 atom stereocenters. The number of piperidine rings is 1. The largest absolute Gasteiger partial charge is 0.493 e. The summed E-state index contributed by atoms with van der Waals surface area (Å²) in [5.74, 6) is 0.836. The molecule has 2 aliphatic rings. The summed E-state index contributed by atoms with van der Waals surface area (Å²) in [6, 6.07) is 19.6. The highest BCUT2D eigenvalue weighted by molar-refractivity contribution is 5.39. The zero-order valence-electron chi connectivity index (χ0n) is 14.9. The molecule has 0 aromatic heterocycles. The maximum absolute atomic E-state index is 11.5. The van der Waals surface area contributed by atoms with Gasteiger partial charge in [-0.15, -0.1) is 0 Å². The van der Waals surface area contributed by atoms with Gasteiger partial charge in [0.05, 0.1) is 12.2 Å². The second-order valence-electron chi connectivity index (χ2n) is 7.41. The number of hydrogen-bond acceptors (Lipinski definition) is 3. The summed E-state index contributed by atoms with van der Waals surface area (Å²) in [7, 11) is 0. The van der Waals surface area contributed by atoms with Gasteiger partial charge >= 0.3 is 0 Å². The van der Waals surface area contributed by atoms with E-state index in [2.05, 4.69) is 35.2 Å². The monoisotopic (exact) mass is 337 g/mol. The molecule has 2 aliphatic heterocycles. The van der Waals surface area contributed by atoms with Crippen molar-refractivity contribution in [3.05, 3.63) is 65.7 Å². The van der Waals surface area contributed by atoms with Gasteiger partial charge in [0.15, 0.2) is 0 Å². The van der Waals surface area contributed by atoms with Gasteiger partial charge in [0.2, 0.25) is 0 Å². The van der Waals surface area contributed by atoms with Crippen LogP contribution in [0.5, 0.6) is 5.75 Å². The second kappa shape index (κ2) is 6.81. The molecule has 2 saturated heterocycles. The molecule has 1 N–H and O–H groups in total. The van der Waals surface area contributed by atoms with E-state index in [1.807, 2.05) is 31.2 Å². The fourth-order valence-electron chi connectivity index (χ4n) is 4.72. The molecule has 0 aliphatic carbocycles. The van der Waals surface area contributed by atoms with Crippen LogP contribution in [0, 0.1) is 0 Å². The number of fused-ring (bicyclic) bond motifs is 2. The topological polar surface area (TPSA) is 32.7 Å². The standard InChI is InChI=1S/C22H27NO2/c1-2-25-21-11-7-6-10-20(21)22(24)14-18-12-13-19(15-22)23(18)16-17-8-4-3-5-9-17/h3-11,18-19,24H,2,12-16H2,1H3. The van der Waals surface area contributed by atoms with Gasteiger partial charge in [0, 0.05) is 24.2 Å². The Labute approximate surface area is 150 Å². The molecule has 132 valence electrons. The molecule has 2 fully saturated rings. The van der Waals surface area contributed by atoms with Crippen LogP contribution >= 0.6 is 0 Å². The first-order chi connectivity index (χ1) is 12.2. The maximum Gasteiger partial charge on any atom is 0.125 e. The minimum absolute atomic E-state index is 0.443.